The highest BCUT2D eigenvalue weighted by Crippen LogP contribution is 2.37. The van der Waals surface area contributed by atoms with Crippen molar-refractivity contribution in [2.45, 2.75) is 20.0 Å². The Morgan fingerprint density at radius 1 is 1.39 bits per heavy atom. The molecule has 1 saturated heterocycles. The molecule has 4 rings (SSSR count). The number of ether oxygens (including phenoxy) is 2. The molecule has 0 spiro atoms. The predicted molar refractivity (Wildman–Crippen MR) is 110 cm³/mol. The number of carbonyl (C=O) groups is 1. The third-order valence-electron chi connectivity index (χ3n) is 4.79. The van der Waals surface area contributed by atoms with Crippen molar-refractivity contribution in [1.82, 2.24) is 9.97 Å². The van der Waals surface area contributed by atoms with Crippen LogP contribution in [0.15, 0.2) is 30.6 Å². The molecule has 1 aliphatic heterocycles. The number of fused-ring (bicyclic) bond motifs is 1. The molecule has 1 aliphatic rings. The number of rotatable bonds is 4. The number of esters is 1. The molecule has 6 nitrogen and oxygen atoms in total. The molecule has 1 atom stereocenters. The third kappa shape index (κ3) is 3.45. The fourth-order valence-electron chi connectivity index (χ4n) is 3.45. The summed E-state index contributed by atoms with van der Waals surface area (Å²) in [6, 6.07) is 7.73. The lowest BCUT2D eigenvalue weighted by Crippen LogP contribution is -2.39. The number of carbonyl (C=O) groups excluding carboxylic acids is 1. The second-order valence-corrected chi connectivity index (χ2v) is 7.89. The van der Waals surface area contributed by atoms with Crippen LogP contribution in [-0.2, 0) is 9.47 Å². The summed E-state index contributed by atoms with van der Waals surface area (Å²) in [7, 11) is 0. The number of benzene rings is 1. The first-order valence-corrected chi connectivity index (χ1v) is 10.3. The number of aryl methyl sites for hydroxylation is 1. The molecule has 0 amide bonds. The fourth-order valence-corrected chi connectivity index (χ4v) is 4.74. The van der Waals surface area contributed by atoms with Gasteiger partial charge in [-0.2, -0.15) is 0 Å². The van der Waals surface area contributed by atoms with Gasteiger partial charge in [-0.25, -0.2) is 14.8 Å². The van der Waals surface area contributed by atoms with Crippen LogP contribution in [0.5, 0.6) is 0 Å². The molecule has 28 heavy (non-hydrogen) atoms. The Labute approximate surface area is 172 Å². The van der Waals surface area contributed by atoms with Gasteiger partial charge in [-0.1, -0.05) is 29.8 Å². The lowest BCUT2D eigenvalue weighted by atomic mass is 10.1. The van der Waals surface area contributed by atoms with E-state index in [2.05, 4.69) is 14.9 Å². The van der Waals surface area contributed by atoms with Gasteiger partial charge in [-0.3, -0.25) is 0 Å². The normalized spacial score (nSPS) is 17.1. The zero-order valence-electron chi connectivity index (χ0n) is 15.6. The maximum atomic E-state index is 12.3. The maximum absolute atomic E-state index is 12.3. The molecule has 1 fully saturated rings. The summed E-state index contributed by atoms with van der Waals surface area (Å²) in [5, 5.41) is 1.59. The molecular formula is C20H20ClN3O3S. The molecule has 0 N–H and O–H groups in total. The molecule has 0 saturated carbocycles. The predicted octanol–water partition coefficient (Wildman–Crippen LogP) is 4.41. The van der Waals surface area contributed by atoms with Crippen molar-refractivity contribution in [3.8, 4) is 0 Å². The minimum Gasteiger partial charge on any atom is -0.462 e. The number of hydrogen-bond donors (Lipinski definition) is 0. The van der Waals surface area contributed by atoms with E-state index in [0.29, 0.717) is 36.2 Å². The van der Waals surface area contributed by atoms with Gasteiger partial charge in [0.05, 0.1) is 18.6 Å². The highest BCUT2D eigenvalue weighted by Gasteiger charge is 2.28. The highest BCUT2D eigenvalue weighted by atomic mass is 35.5. The van der Waals surface area contributed by atoms with Gasteiger partial charge in [-0.05, 0) is 25.5 Å². The minimum absolute atomic E-state index is 0.143. The Morgan fingerprint density at radius 3 is 3.00 bits per heavy atom. The van der Waals surface area contributed by atoms with Gasteiger partial charge in [0, 0.05) is 23.7 Å². The SMILES string of the molecule is CCOC(=O)c1sc2ncnc(N3CCOC(c4ccccc4Cl)C3)c2c1C. The zero-order valence-corrected chi connectivity index (χ0v) is 17.2. The Morgan fingerprint density at radius 2 is 2.21 bits per heavy atom. The topological polar surface area (TPSA) is 64.5 Å². The third-order valence-corrected chi connectivity index (χ3v) is 6.31. The number of anilines is 1. The van der Waals surface area contributed by atoms with Gasteiger partial charge >= 0.3 is 5.97 Å². The van der Waals surface area contributed by atoms with Crippen molar-refractivity contribution >= 4 is 44.9 Å². The van der Waals surface area contributed by atoms with E-state index in [1.165, 1.54) is 11.3 Å². The number of halogens is 1. The van der Waals surface area contributed by atoms with Crippen LogP contribution in [0.1, 0.15) is 33.8 Å². The van der Waals surface area contributed by atoms with Crippen LogP contribution >= 0.6 is 22.9 Å². The summed E-state index contributed by atoms with van der Waals surface area (Å²) in [6.07, 6.45) is 1.40. The standard InChI is InChI=1S/C20H20ClN3O3S/c1-3-26-20(25)17-12(2)16-18(22-11-23-19(16)28-17)24-8-9-27-15(10-24)13-6-4-5-7-14(13)21/h4-7,11,15H,3,8-10H2,1-2H3. The van der Waals surface area contributed by atoms with Crippen LogP contribution in [-0.4, -0.2) is 42.2 Å². The fraction of sp³-hybridized carbons (Fsp3) is 0.350. The van der Waals surface area contributed by atoms with Crippen LogP contribution in [0.4, 0.5) is 5.82 Å². The summed E-state index contributed by atoms with van der Waals surface area (Å²) in [5.41, 5.74) is 1.82. The summed E-state index contributed by atoms with van der Waals surface area (Å²) in [5.74, 6) is 0.500. The zero-order chi connectivity index (χ0) is 19.7. The van der Waals surface area contributed by atoms with Gasteiger partial charge in [-0.15, -0.1) is 11.3 Å². The van der Waals surface area contributed by atoms with E-state index in [9.17, 15) is 4.79 Å². The maximum Gasteiger partial charge on any atom is 0.348 e. The summed E-state index contributed by atoms with van der Waals surface area (Å²) < 4.78 is 11.2. The van der Waals surface area contributed by atoms with E-state index in [4.69, 9.17) is 21.1 Å². The molecule has 8 heteroatoms. The number of aromatic nitrogens is 2. The number of nitrogens with zero attached hydrogens (tertiary/aromatic N) is 3. The molecule has 0 radical (unpaired) electrons. The number of morpholine rings is 1. The molecule has 146 valence electrons. The molecule has 3 heterocycles. The second-order valence-electron chi connectivity index (χ2n) is 6.48. The average Bonchev–Trinajstić information content (AvgIpc) is 3.06. The van der Waals surface area contributed by atoms with Crippen molar-refractivity contribution < 1.29 is 14.3 Å². The smallest absolute Gasteiger partial charge is 0.348 e. The molecule has 0 aliphatic carbocycles. The van der Waals surface area contributed by atoms with Crippen molar-refractivity contribution in [1.29, 1.82) is 0 Å². The van der Waals surface area contributed by atoms with Crippen molar-refractivity contribution in [2.75, 3.05) is 31.2 Å². The molecule has 1 unspecified atom stereocenters. The Hall–Kier alpha value is -2.22. The van der Waals surface area contributed by atoms with Crippen LogP contribution in [0.25, 0.3) is 10.2 Å². The van der Waals surface area contributed by atoms with Gasteiger partial charge in [0.2, 0.25) is 0 Å². The average molecular weight is 418 g/mol. The minimum atomic E-state index is -0.315. The largest absolute Gasteiger partial charge is 0.462 e. The summed E-state index contributed by atoms with van der Waals surface area (Å²) in [4.78, 5) is 24.7. The van der Waals surface area contributed by atoms with Gasteiger partial charge in [0.1, 0.15) is 28.0 Å². The Balaban J connectivity index is 1.70. The molecule has 1 aromatic carbocycles. The molecule has 2 aromatic heterocycles. The van der Waals surface area contributed by atoms with Crippen molar-refractivity contribution in [3.05, 3.63) is 51.6 Å². The van der Waals surface area contributed by atoms with Crippen molar-refractivity contribution in [2.24, 2.45) is 0 Å². The quantitative estimate of drug-likeness (QED) is 0.586. The monoisotopic (exact) mass is 417 g/mol. The lowest BCUT2D eigenvalue weighted by Gasteiger charge is -2.34. The van der Waals surface area contributed by atoms with Crippen molar-refractivity contribution in [3.63, 3.8) is 0 Å². The first-order valence-electron chi connectivity index (χ1n) is 9.12. The van der Waals surface area contributed by atoms with E-state index in [1.807, 2.05) is 31.2 Å². The van der Waals surface area contributed by atoms with Crippen LogP contribution in [0, 0.1) is 6.92 Å². The van der Waals surface area contributed by atoms with Crippen LogP contribution in [0.2, 0.25) is 5.02 Å². The lowest BCUT2D eigenvalue weighted by molar-refractivity contribution is 0.0397. The van der Waals surface area contributed by atoms with Gasteiger partial charge in [0.15, 0.2) is 0 Å². The second kappa shape index (κ2) is 8.03. The van der Waals surface area contributed by atoms with Gasteiger partial charge in [0.25, 0.3) is 0 Å². The highest BCUT2D eigenvalue weighted by molar-refractivity contribution is 7.20. The number of thiophene rings is 1. The van der Waals surface area contributed by atoms with Gasteiger partial charge < -0.3 is 14.4 Å². The summed E-state index contributed by atoms with van der Waals surface area (Å²) in [6.45, 7) is 5.96. The van der Waals surface area contributed by atoms with E-state index in [0.717, 1.165) is 27.2 Å². The molecule has 0 bridgehead atoms. The molecular weight excluding hydrogens is 398 g/mol. The van der Waals surface area contributed by atoms with Crippen LogP contribution < -0.4 is 4.90 Å². The van der Waals surface area contributed by atoms with Crippen LogP contribution in [0.3, 0.4) is 0 Å². The molecule has 3 aromatic rings. The first kappa shape index (κ1) is 19.1. The Kier molecular flexibility index (Phi) is 5.48. The summed E-state index contributed by atoms with van der Waals surface area (Å²) >= 11 is 7.71. The first-order chi connectivity index (χ1) is 13.6. The van der Waals surface area contributed by atoms with E-state index in [-0.39, 0.29) is 12.1 Å². The van der Waals surface area contributed by atoms with E-state index in [1.54, 1.807) is 13.3 Å². The Bertz CT molecular complexity index is 1020. The van der Waals surface area contributed by atoms with E-state index < -0.39 is 0 Å². The van der Waals surface area contributed by atoms with E-state index >= 15 is 0 Å². The number of hydrogen-bond acceptors (Lipinski definition) is 7.